The molecule has 1 aromatic rings. The first kappa shape index (κ1) is 19.3. The highest BCUT2D eigenvalue weighted by atomic mass is 32.2. The second-order valence-electron chi connectivity index (χ2n) is 7.75. The first-order valence-electron chi connectivity index (χ1n) is 9.19. The Morgan fingerprint density at radius 2 is 1.96 bits per heavy atom. The average molecular weight is 384 g/mol. The molecule has 1 saturated carbocycles. The van der Waals surface area contributed by atoms with Gasteiger partial charge < -0.3 is 15.7 Å². The number of nitrogens with one attached hydrogen (secondary N) is 2. The fraction of sp³-hybridized carbons (Fsp3) is 0.765. The molecule has 2 fully saturated rings. The molecule has 0 amide bonds. The molecular formula is C17H29N5O3S. The van der Waals surface area contributed by atoms with E-state index in [4.69, 9.17) is 0 Å². The van der Waals surface area contributed by atoms with E-state index in [1.165, 1.54) is 10.6 Å². The minimum atomic E-state index is -3.12. The van der Waals surface area contributed by atoms with Crippen LogP contribution in [0.1, 0.15) is 44.6 Å². The molecule has 1 aromatic heterocycles. The van der Waals surface area contributed by atoms with Crippen molar-refractivity contribution < 1.29 is 13.5 Å². The van der Waals surface area contributed by atoms with Crippen LogP contribution in [0.25, 0.3) is 0 Å². The zero-order chi connectivity index (χ0) is 18.9. The number of aryl methyl sites for hydroxylation is 1. The lowest BCUT2D eigenvalue weighted by molar-refractivity contribution is 0.0577. The van der Waals surface area contributed by atoms with Crippen LogP contribution in [0, 0.1) is 6.92 Å². The van der Waals surface area contributed by atoms with Crippen molar-refractivity contribution in [3.8, 4) is 0 Å². The van der Waals surface area contributed by atoms with Crippen LogP contribution in [0.15, 0.2) is 6.20 Å². The van der Waals surface area contributed by atoms with Crippen molar-refractivity contribution in [3.05, 3.63) is 11.8 Å². The lowest BCUT2D eigenvalue weighted by atomic mass is 10.0. The van der Waals surface area contributed by atoms with E-state index in [1.54, 1.807) is 6.20 Å². The van der Waals surface area contributed by atoms with Crippen LogP contribution in [-0.4, -0.2) is 64.8 Å². The number of sulfonamides is 1. The Kier molecular flexibility index (Phi) is 5.41. The van der Waals surface area contributed by atoms with Crippen molar-refractivity contribution in [1.29, 1.82) is 0 Å². The summed E-state index contributed by atoms with van der Waals surface area (Å²) >= 11 is 0. The molecule has 9 heteroatoms. The SMILES string of the molecule is Cc1cnc(NC2CCN(S(C)(=O)=O)CC2)nc1N[C@@H]1CCC[C@@]1(C)O. The zero-order valence-corrected chi connectivity index (χ0v) is 16.5. The molecule has 2 aliphatic rings. The topological polar surface area (TPSA) is 107 Å². The van der Waals surface area contributed by atoms with Crippen LogP contribution >= 0.6 is 0 Å². The summed E-state index contributed by atoms with van der Waals surface area (Å²) in [5, 5.41) is 17.1. The minimum Gasteiger partial charge on any atom is -0.388 e. The van der Waals surface area contributed by atoms with E-state index in [2.05, 4.69) is 20.6 Å². The number of rotatable bonds is 5. The Bertz CT molecular complexity index is 745. The molecule has 146 valence electrons. The van der Waals surface area contributed by atoms with Crippen LogP contribution in [0.5, 0.6) is 0 Å². The normalized spacial score (nSPS) is 28.2. The van der Waals surface area contributed by atoms with Gasteiger partial charge in [-0.2, -0.15) is 4.98 Å². The quantitative estimate of drug-likeness (QED) is 0.704. The van der Waals surface area contributed by atoms with Gasteiger partial charge in [0.2, 0.25) is 16.0 Å². The summed E-state index contributed by atoms with van der Waals surface area (Å²) < 4.78 is 24.7. The molecule has 26 heavy (non-hydrogen) atoms. The van der Waals surface area contributed by atoms with Crippen LogP contribution < -0.4 is 10.6 Å². The summed E-state index contributed by atoms with van der Waals surface area (Å²) in [5.74, 6) is 1.27. The average Bonchev–Trinajstić information content (AvgIpc) is 2.89. The first-order valence-corrected chi connectivity index (χ1v) is 11.0. The summed E-state index contributed by atoms with van der Waals surface area (Å²) in [6.45, 7) is 4.83. The van der Waals surface area contributed by atoms with E-state index in [0.29, 0.717) is 19.0 Å². The highest BCUT2D eigenvalue weighted by molar-refractivity contribution is 7.88. The zero-order valence-electron chi connectivity index (χ0n) is 15.7. The Labute approximate surface area is 155 Å². The molecule has 3 N–H and O–H groups in total. The molecular weight excluding hydrogens is 354 g/mol. The van der Waals surface area contributed by atoms with Gasteiger partial charge in [0.05, 0.1) is 17.9 Å². The summed E-state index contributed by atoms with van der Waals surface area (Å²) in [4.78, 5) is 8.94. The fourth-order valence-corrected chi connectivity index (χ4v) is 4.59. The highest BCUT2D eigenvalue weighted by Gasteiger charge is 2.37. The molecule has 3 rings (SSSR count). The number of piperidine rings is 1. The van der Waals surface area contributed by atoms with E-state index in [0.717, 1.165) is 43.5 Å². The molecule has 0 bridgehead atoms. The number of hydrogen-bond donors (Lipinski definition) is 3. The minimum absolute atomic E-state index is 0.0121. The first-order chi connectivity index (χ1) is 12.1. The van der Waals surface area contributed by atoms with Gasteiger partial charge in [0, 0.05) is 30.9 Å². The Morgan fingerprint density at radius 3 is 2.54 bits per heavy atom. The van der Waals surface area contributed by atoms with Gasteiger partial charge in [-0.15, -0.1) is 0 Å². The number of aromatic nitrogens is 2. The largest absolute Gasteiger partial charge is 0.388 e. The molecule has 1 aliphatic heterocycles. The monoisotopic (exact) mass is 383 g/mol. The summed E-state index contributed by atoms with van der Waals surface area (Å²) in [6.07, 6.45) is 7.18. The van der Waals surface area contributed by atoms with Gasteiger partial charge in [-0.25, -0.2) is 17.7 Å². The maximum absolute atomic E-state index is 11.6. The fourth-order valence-electron chi connectivity index (χ4n) is 3.71. The van der Waals surface area contributed by atoms with Crippen molar-refractivity contribution >= 4 is 21.8 Å². The van der Waals surface area contributed by atoms with Crippen molar-refractivity contribution in [1.82, 2.24) is 14.3 Å². The Hall–Kier alpha value is -1.45. The predicted octanol–water partition coefficient (Wildman–Crippen LogP) is 1.34. The van der Waals surface area contributed by atoms with Gasteiger partial charge in [-0.1, -0.05) is 0 Å². The van der Waals surface area contributed by atoms with Crippen molar-refractivity contribution in [2.45, 2.75) is 63.6 Å². The molecule has 2 heterocycles. The lowest BCUT2D eigenvalue weighted by Gasteiger charge is -2.31. The Balaban J connectivity index is 1.63. The summed E-state index contributed by atoms with van der Waals surface area (Å²) in [7, 11) is -3.12. The van der Waals surface area contributed by atoms with Crippen LogP contribution in [0.4, 0.5) is 11.8 Å². The summed E-state index contributed by atoms with van der Waals surface area (Å²) in [5.41, 5.74) is 0.217. The third kappa shape index (κ3) is 4.44. The second kappa shape index (κ2) is 7.28. The third-order valence-electron chi connectivity index (χ3n) is 5.47. The number of hydrogen-bond acceptors (Lipinski definition) is 7. The lowest BCUT2D eigenvalue weighted by Crippen LogP contribution is -2.42. The van der Waals surface area contributed by atoms with Gasteiger partial charge in [-0.05, 0) is 46.0 Å². The molecule has 8 nitrogen and oxygen atoms in total. The molecule has 0 aromatic carbocycles. The van der Waals surface area contributed by atoms with Gasteiger partial charge in [0.25, 0.3) is 0 Å². The number of nitrogens with zero attached hydrogens (tertiary/aromatic N) is 3. The van der Waals surface area contributed by atoms with E-state index >= 15 is 0 Å². The molecule has 1 saturated heterocycles. The van der Waals surface area contributed by atoms with Gasteiger partial charge in [0.1, 0.15) is 5.82 Å². The van der Waals surface area contributed by atoms with Crippen LogP contribution in [-0.2, 0) is 10.0 Å². The maximum Gasteiger partial charge on any atom is 0.224 e. The van der Waals surface area contributed by atoms with E-state index < -0.39 is 15.6 Å². The van der Waals surface area contributed by atoms with Gasteiger partial charge in [-0.3, -0.25) is 0 Å². The van der Waals surface area contributed by atoms with Crippen molar-refractivity contribution in [2.24, 2.45) is 0 Å². The van der Waals surface area contributed by atoms with E-state index in [-0.39, 0.29) is 12.1 Å². The van der Waals surface area contributed by atoms with Crippen LogP contribution in [0.2, 0.25) is 0 Å². The maximum atomic E-state index is 11.6. The van der Waals surface area contributed by atoms with E-state index in [9.17, 15) is 13.5 Å². The van der Waals surface area contributed by atoms with Gasteiger partial charge in [0.15, 0.2) is 0 Å². The third-order valence-corrected chi connectivity index (χ3v) is 6.77. The molecule has 1 aliphatic carbocycles. The number of aliphatic hydroxyl groups is 1. The number of anilines is 2. The van der Waals surface area contributed by atoms with Crippen molar-refractivity contribution in [3.63, 3.8) is 0 Å². The second-order valence-corrected chi connectivity index (χ2v) is 9.73. The smallest absolute Gasteiger partial charge is 0.224 e. The van der Waals surface area contributed by atoms with Crippen LogP contribution in [0.3, 0.4) is 0 Å². The highest BCUT2D eigenvalue weighted by Crippen LogP contribution is 2.32. The predicted molar refractivity (Wildman–Crippen MR) is 102 cm³/mol. The molecule has 0 radical (unpaired) electrons. The van der Waals surface area contributed by atoms with Crippen molar-refractivity contribution in [2.75, 3.05) is 30.0 Å². The molecule has 0 unspecified atom stereocenters. The standard InChI is InChI=1S/C17H29N5O3S/c1-12-11-18-16(19-13-6-9-22(10-7-13)26(3,24)25)21-15(12)20-14-5-4-8-17(14,2)23/h11,13-14,23H,4-10H2,1-3H3,(H2,18,19,20,21)/t14-,17-/m1/s1. The molecule has 2 atom stereocenters. The van der Waals surface area contributed by atoms with E-state index in [1.807, 2.05) is 13.8 Å². The Morgan fingerprint density at radius 1 is 1.27 bits per heavy atom. The van der Waals surface area contributed by atoms with Gasteiger partial charge >= 0.3 is 0 Å². The summed E-state index contributed by atoms with van der Waals surface area (Å²) in [6, 6.07) is 0.139. The molecule has 0 spiro atoms.